The lowest BCUT2D eigenvalue weighted by atomic mass is 10.3. The van der Waals surface area contributed by atoms with Crippen LogP contribution in [0.1, 0.15) is 10.4 Å². The minimum absolute atomic E-state index is 0.160. The van der Waals surface area contributed by atoms with E-state index in [4.69, 9.17) is 5.11 Å². The molecule has 0 saturated carbocycles. The highest BCUT2D eigenvalue weighted by Gasteiger charge is 2.32. The van der Waals surface area contributed by atoms with Crippen molar-refractivity contribution in [2.24, 2.45) is 0 Å². The smallest absolute Gasteiger partial charge is 0.477 e. The lowest BCUT2D eigenvalue weighted by Gasteiger charge is -2.09. The molecule has 0 fully saturated rings. The molecule has 1 aromatic rings. The van der Waals surface area contributed by atoms with Crippen molar-refractivity contribution in [1.82, 2.24) is 4.98 Å². The van der Waals surface area contributed by atoms with Crippen molar-refractivity contribution in [2.75, 3.05) is 0 Å². The van der Waals surface area contributed by atoms with E-state index in [2.05, 4.69) is 4.74 Å². The number of hydrogen-bond donors (Lipinski definition) is 2. The zero-order valence-corrected chi connectivity index (χ0v) is 9.42. The van der Waals surface area contributed by atoms with Gasteiger partial charge in [-0.3, -0.25) is 9.78 Å². The third-order valence-electron chi connectivity index (χ3n) is 1.41. The molecule has 0 aliphatic heterocycles. The van der Waals surface area contributed by atoms with E-state index in [9.17, 15) is 22.8 Å². The average molecular weight is 349 g/mol. The molecule has 0 atom stereocenters. The largest absolute Gasteiger partial charge is 0.574 e. The molecular weight excluding hydrogens is 346 g/mol. The van der Waals surface area contributed by atoms with Crippen molar-refractivity contribution in [3.05, 3.63) is 25.6 Å². The minimum atomic E-state index is -4.95. The number of alkyl halides is 3. The van der Waals surface area contributed by atoms with Gasteiger partial charge in [-0.25, -0.2) is 4.79 Å². The topological polar surface area (TPSA) is 79.4 Å². The summed E-state index contributed by atoms with van der Waals surface area (Å²) in [5, 5.41) is 8.53. The highest BCUT2D eigenvalue weighted by atomic mass is 127. The van der Waals surface area contributed by atoms with Gasteiger partial charge in [0.15, 0.2) is 0 Å². The first kappa shape index (κ1) is 12.8. The van der Waals surface area contributed by atoms with Gasteiger partial charge in [-0.2, -0.15) is 0 Å². The molecule has 5 nitrogen and oxygen atoms in total. The van der Waals surface area contributed by atoms with E-state index >= 15 is 0 Å². The average Bonchev–Trinajstić information content (AvgIpc) is 2.07. The molecular formula is C7H3F3INO4. The van der Waals surface area contributed by atoms with Crippen LogP contribution in [0.15, 0.2) is 10.9 Å². The second kappa shape index (κ2) is 4.31. The molecule has 9 heteroatoms. The maximum absolute atomic E-state index is 11.8. The fraction of sp³-hybridized carbons (Fsp3) is 0.143. The van der Waals surface area contributed by atoms with E-state index in [1.807, 2.05) is 0 Å². The number of nitrogens with one attached hydrogen (secondary N) is 1. The van der Waals surface area contributed by atoms with Gasteiger partial charge in [0, 0.05) is 0 Å². The van der Waals surface area contributed by atoms with Crippen LogP contribution in [0.5, 0.6) is 5.88 Å². The highest BCUT2D eigenvalue weighted by molar-refractivity contribution is 14.1. The van der Waals surface area contributed by atoms with Crippen molar-refractivity contribution in [3.63, 3.8) is 0 Å². The number of pyridine rings is 1. The summed E-state index contributed by atoms with van der Waals surface area (Å²) in [6.45, 7) is 0. The van der Waals surface area contributed by atoms with Crippen molar-refractivity contribution in [3.8, 4) is 5.88 Å². The lowest BCUT2D eigenvalue weighted by molar-refractivity contribution is -0.276. The van der Waals surface area contributed by atoms with Gasteiger partial charge in [0.05, 0.1) is 3.57 Å². The Balaban J connectivity index is 3.21. The Hall–Kier alpha value is -1.26. The minimum Gasteiger partial charge on any atom is -0.477 e. The number of aromatic carboxylic acids is 1. The molecule has 16 heavy (non-hydrogen) atoms. The van der Waals surface area contributed by atoms with Crippen LogP contribution in [0.2, 0.25) is 0 Å². The van der Waals surface area contributed by atoms with Crippen molar-refractivity contribution in [2.45, 2.75) is 6.36 Å². The predicted octanol–water partition coefficient (Wildman–Crippen LogP) is 1.58. The normalized spacial score (nSPS) is 11.2. The van der Waals surface area contributed by atoms with Crippen molar-refractivity contribution >= 4 is 28.6 Å². The Morgan fingerprint density at radius 3 is 2.50 bits per heavy atom. The molecule has 0 spiro atoms. The molecule has 0 saturated heterocycles. The summed E-state index contributed by atoms with van der Waals surface area (Å²) in [5.74, 6) is -2.36. The number of aromatic nitrogens is 1. The van der Waals surface area contributed by atoms with Crippen LogP contribution in [0.3, 0.4) is 0 Å². The Labute approximate surface area is 99.4 Å². The molecule has 0 aliphatic carbocycles. The molecule has 0 aromatic carbocycles. The Morgan fingerprint density at radius 1 is 1.50 bits per heavy atom. The van der Waals surface area contributed by atoms with E-state index < -0.39 is 29.3 Å². The monoisotopic (exact) mass is 349 g/mol. The predicted molar refractivity (Wildman–Crippen MR) is 53.4 cm³/mol. The molecule has 1 aromatic heterocycles. The first-order valence-corrected chi connectivity index (χ1v) is 4.70. The molecule has 0 unspecified atom stereocenters. The Bertz CT molecular complexity index is 482. The van der Waals surface area contributed by atoms with Crippen LogP contribution < -0.4 is 10.3 Å². The number of carboxylic acids is 1. The van der Waals surface area contributed by atoms with Gasteiger partial charge >= 0.3 is 12.3 Å². The maximum Gasteiger partial charge on any atom is 0.574 e. The first-order valence-electron chi connectivity index (χ1n) is 3.62. The van der Waals surface area contributed by atoms with Gasteiger partial charge in [-0.15, -0.1) is 13.2 Å². The summed E-state index contributed by atoms with van der Waals surface area (Å²) < 4.78 is 38.9. The molecule has 0 amide bonds. The van der Waals surface area contributed by atoms with Gasteiger partial charge in [0.25, 0.3) is 5.56 Å². The fourth-order valence-electron chi connectivity index (χ4n) is 0.837. The van der Waals surface area contributed by atoms with Gasteiger partial charge in [-0.05, 0) is 28.7 Å². The molecule has 2 N–H and O–H groups in total. The van der Waals surface area contributed by atoms with E-state index in [-0.39, 0.29) is 3.57 Å². The van der Waals surface area contributed by atoms with Gasteiger partial charge in [-0.1, -0.05) is 0 Å². The van der Waals surface area contributed by atoms with Crippen LogP contribution in [0.4, 0.5) is 13.2 Å². The summed E-state index contributed by atoms with van der Waals surface area (Å²) in [7, 11) is 0. The summed E-state index contributed by atoms with van der Waals surface area (Å²) in [4.78, 5) is 23.2. The summed E-state index contributed by atoms with van der Waals surface area (Å²) >= 11 is 1.42. The van der Waals surface area contributed by atoms with E-state index in [0.29, 0.717) is 0 Å². The molecule has 1 heterocycles. The summed E-state index contributed by atoms with van der Waals surface area (Å²) in [6, 6.07) is 0.794. The second-order valence-electron chi connectivity index (χ2n) is 2.54. The van der Waals surface area contributed by atoms with Crippen molar-refractivity contribution < 1.29 is 27.8 Å². The number of ether oxygens (including phenoxy) is 1. The quantitative estimate of drug-likeness (QED) is 0.795. The van der Waals surface area contributed by atoms with Crippen LogP contribution in [0, 0.1) is 3.57 Å². The third kappa shape index (κ3) is 3.12. The van der Waals surface area contributed by atoms with Crippen LogP contribution in [-0.2, 0) is 0 Å². The number of halogens is 4. The molecule has 0 radical (unpaired) electrons. The number of carboxylic acid groups (broad SMARTS) is 1. The van der Waals surface area contributed by atoms with E-state index in [0.717, 1.165) is 6.07 Å². The maximum atomic E-state index is 11.8. The number of rotatable bonds is 2. The zero-order valence-electron chi connectivity index (χ0n) is 7.26. The highest BCUT2D eigenvalue weighted by Crippen LogP contribution is 2.24. The van der Waals surface area contributed by atoms with Gasteiger partial charge in [0.1, 0.15) is 5.56 Å². The Morgan fingerprint density at radius 2 is 2.06 bits per heavy atom. The van der Waals surface area contributed by atoms with E-state index in [1.54, 1.807) is 4.98 Å². The molecule has 0 aliphatic rings. The first-order chi connectivity index (χ1) is 7.20. The van der Waals surface area contributed by atoms with Crippen LogP contribution in [0.25, 0.3) is 0 Å². The van der Waals surface area contributed by atoms with Crippen molar-refractivity contribution in [1.29, 1.82) is 0 Å². The number of carbonyl (C=O) groups is 1. The third-order valence-corrected chi connectivity index (χ3v) is 2.21. The van der Waals surface area contributed by atoms with Gasteiger partial charge in [0.2, 0.25) is 5.88 Å². The number of aromatic amines is 1. The standard InChI is InChI=1S/C7H3F3INO4/c8-7(9,10)16-5-3(11)1-2(6(14)15)4(13)12-5/h1H,(H,12,13)(H,14,15). The van der Waals surface area contributed by atoms with Crippen LogP contribution in [-0.4, -0.2) is 22.4 Å². The molecule has 0 bridgehead atoms. The molecule has 88 valence electrons. The fourth-order valence-corrected chi connectivity index (χ4v) is 1.39. The Kier molecular flexibility index (Phi) is 3.45. The number of H-pyrrole nitrogens is 1. The SMILES string of the molecule is O=C(O)c1cc(I)c(OC(F)(F)F)[nH]c1=O. The number of hydrogen-bond acceptors (Lipinski definition) is 3. The molecule has 1 rings (SSSR count). The van der Waals surface area contributed by atoms with E-state index in [1.165, 1.54) is 22.6 Å². The zero-order chi connectivity index (χ0) is 12.5. The second-order valence-corrected chi connectivity index (χ2v) is 3.70. The van der Waals surface area contributed by atoms with Crippen LogP contribution >= 0.6 is 22.6 Å². The lowest BCUT2D eigenvalue weighted by Crippen LogP contribution is -2.24. The van der Waals surface area contributed by atoms with Gasteiger partial charge < -0.3 is 9.84 Å². The summed E-state index contributed by atoms with van der Waals surface area (Å²) in [6.07, 6.45) is -4.95. The summed E-state index contributed by atoms with van der Waals surface area (Å²) in [5.41, 5.74) is -1.81.